The van der Waals surface area contributed by atoms with Crippen LogP contribution in [-0.2, 0) is 25.3 Å². The fraction of sp³-hybridized carbons (Fsp3) is 0.400. The molecule has 1 aliphatic rings. The Morgan fingerprint density at radius 1 is 1.21 bits per heavy atom. The molecule has 3 aromatic rings. The van der Waals surface area contributed by atoms with E-state index in [0.717, 1.165) is 29.4 Å². The van der Waals surface area contributed by atoms with E-state index in [1.54, 1.807) is 18.5 Å². The van der Waals surface area contributed by atoms with Crippen LogP contribution in [0.4, 0.5) is 0 Å². The van der Waals surface area contributed by atoms with E-state index in [2.05, 4.69) is 22.4 Å². The third-order valence-corrected chi connectivity index (χ3v) is 5.66. The zero-order valence-electron chi connectivity index (χ0n) is 16.2. The maximum absolute atomic E-state index is 13.0. The van der Waals surface area contributed by atoms with Crippen molar-refractivity contribution in [2.45, 2.75) is 38.3 Å². The summed E-state index contributed by atoms with van der Waals surface area (Å²) in [5.74, 6) is -0.183. The number of hydrogen-bond acceptors (Lipinski definition) is 4. The fourth-order valence-corrected chi connectivity index (χ4v) is 3.98. The Balaban J connectivity index is 1.68. The van der Waals surface area contributed by atoms with Crippen molar-refractivity contribution in [1.82, 2.24) is 24.0 Å². The van der Waals surface area contributed by atoms with E-state index in [1.165, 1.54) is 23.5 Å². The second kappa shape index (κ2) is 6.78. The van der Waals surface area contributed by atoms with E-state index in [4.69, 9.17) is 0 Å². The molecule has 1 aliphatic carbocycles. The lowest BCUT2D eigenvalue weighted by molar-refractivity contribution is -0.124. The minimum absolute atomic E-state index is 0.0399. The summed E-state index contributed by atoms with van der Waals surface area (Å²) in [6.07, 6.45) is 4.38. The van der Waals surface area contributed by atoms with E-state index in [-0.39, 0.29) is 23.1 Å². The normalized spacial score (nSPS) is 17.3. The number of aromatic nitrogens is 4. The summed E-state index contributed by atoms with van der Waals surface area (Å²) < 4.78 is 3.89. The van der Waals surface area contributed by atoms with Crippen LogP contribution in [0.5, 0.6) is 0 Å². The van der Waals surface area contributed by atoms with Gasteiger partial charge >= 0.3 is 5.69 Å². The van der Waals surface area contributed by atoms with Crippen LogP contribution >= 0.6 is 0 Å². The quantitative estimate of drug-likeness (QED) is 0.738. The smallest absolute Gasteiger partial charge is 0.332 e. The maximum atomic E-state index is 13.0. The lowest BCUT2D eigenvalue weighted by Crippen LogP contribution is -2.39. The first-order valence-electron chi connectivity index (χ1n) is 9.41. The van der Waals surface area contributed by atoms with Crippen LogP contribution in [0, 0.1) is 0 Å². The van der Waals surface area contributed by atoms with Crippen molar-refractivity contribution in [1.29, 1.82) is 0 Å². The molecule has 1 aromatic carbocycles. The van der Waals surface area contributed by atoms with Crippen molar-refractivity contribution in [2.75, 3.05) is 0 Å². The van der Waals surface area contributed by atoms with Gasteiger partial charge in [0.25, 0.3) is 5.56 Å². The molecule has 0 aliphatic heterocycles. The minimum Gasteiger partial charge on any atom is -0.347 e. The zero-order valence-corrected chi connectivity index (χ0v) is 16.2. The van der Waals surface area contributed by atoms with Gasteiger partial charge in [-0.3, -0.25) is 18.7 Å². The summed E-state index contributed by atoms with van der Waals surface area (Å²) in [6, 6.07) is 7.49. The van der Waals surface area contributed by atoms with Crippen LogP contribution in [0.1, 0.15) is 43.0 Å². The second-order valence-corrected chi connectivity index (χ2v) is 7.36. The van der Waals surface area contributed by atoms with Crippen LogP contribution in [0.2, 0.25) is 0 Å². The number of benzene rings is 1. The highest BCUT2D eigenvalue weighted by Gasteiger charge is 2.26. The summed E-state index contributed by atoms with van der Waals surface area (Å²) in [7, 11) is 2.98. The predicted octanol–water partition coefficient (Wildman–Crippen LogP) is 1.19. The Morgan fingerprint density at radius 3 is 2.75 bits per heavy atom. The number of carbonyl (C=O) groups is 1. The standard InChI is InChI=1S/C20H23N5O3/c1-12(18(26)22-15-10-6-8-13-7-4-5-9-14(13)15)25-11-21-17-16(25)19(27)24(3)20(28)23(17)2/h4-5,7,9,11-12,15H,6,8,10H2,1-3H3,(H,22,26). The number of nitrogens with zero attached hydrogens (tertiary/aromatic N) is 4. The van der Waals surface area contributed by atoms with Crippen LogP contribution in [-0.4, -0.2) is 24.6 Å². The van der Waals surface area contributed by atoms with Crippen molar-refractivity contribution < 1.29 is 4.79 Å². The molecule has 1 N–H and O–H groups in total. The number of fused-ring (bicyclic) bond motifs is 2. The van der Waals surface area contributed by atoms with E-state index in [9.17, 15) is 14.4 Å². The monoisotopic (exact) mass is 381 g/mol. The third-order valence-electron chi connectivity index (χ3n) is 5.66. The molecule has 0 bridgehead atoms. The molecule has 0 saturated heterocycles. The van der Waals surface area contributed by atoms with E-state index in [0.29, 0.717) is 0 Å². The van der Waals surface area contributed by atoms with Crippen molar-refractivity contribution in [3.05, 3.63) is 62.6 Å². The summed E-state index contributed by atoms with van der Waals surface area (Å²) in [6.45, 7) is 1.73. The van der Waals surface area contributed by atoms with Gasteiger partial charge in [0.05, 0.1) is 12.4 Å². The van der Waals surface area contributed by atoms with Crippen LogP contribution < -0.4 is 16.6 Å². The molecule has 0 radical (unpaired) electrons. The van der Waals surface area contributed by atoms with Gasteiger partial charge in [0.15, 0.2) is 11.2 Å². The highest BCUT2D eigenvalue weighted by atomic mass is 16.2. The van der Waals surface area contributed by atoms with Crippen molar-refractivity contribution in [3.8, 4) is 0 Å². The molecule has 8 nitrogen and oxygen atoms in total. The lowest BCUT2D eigenvalue weighted by atomic mass is 9.87. The second-order valence-electron chi connectivity index (χ2n) is 7.36. The highest BCUT2D eigenvalue weighted by Crippen LogP contribution is 2.30. The third kappa shape index (κ3) is 2.76. The molecule has 4 rings (SSSR count). The molecule has 146 valence electrons. The summed E-state index contributed by atoms with van der Waals surface area (Å²) in [4.78, 5) is 41.9. The number of imidazole rings is 1. The Labute approximate surface area is 161 Å². The van der Waals surface area contributed by atoms with Gasteiger partial charge in [0.1, 0.15) is 6.04 Å². The summed E-state index contributed by atoms with van der Waals surface area (Å²) >= 11 is 0. The Bertz CT molecular complexity index is 1190. The summed E-state index contributed by atoms with van der Waals surface area (Å²) in [5.41, 5.74) is 2.04. The van der Waals surface area contributed by atoms with Gasteiger partial charge in [-0.15, -0.1) is 0 Å². The van der Waals surface area contributed by atoms with E-state index >= 15 is 0 Å². The van der Waals surface area contributed by atoms with E-state index in [1.807, 2.05) is 12.1 Å². The van der Waals surface area contributed by atoms with Gasteiger partial charge in [-0.25, -0.2) is 9.78 Å². The van der Waals surface area contributed by atoms with Gasteiger partial charge in [0, 0.05) is 14.1 Å². The Kier molecular flexibility index (Phi) is 4.41. The van der Waals surface area contributed by atoms with E-state index < -0.39 is 17.3 Å². The van der Waals surface area contributed by atoms with Gasteiger partial charge in [0.2, 0.25) is 5.91 Å². The van der Waals surface area contributed by atoms with Crippen LogP contribution in [0.3, 0.4) is 0 Å². The number of amides is 1. The molecule has 2 heterocycles. The number of rotatable bonds is 3. The van der Waals surface area contributed by atoms with Crippen molar-refractivity contribution >= 4 is 17.1 Å². The number of nitrogens with one attached hydrogen (secondary N) is 1. The van der Waals surface area contributed by atoms with Gasteiger partial charge in [-0.05, 0) is 37.3 Å². The molecular weight excluding hydrogens is 358 g/mol. The molecule has 2 unspecified atom stereocenters. The largest absolute Gasteiger partial charge is 0.347 e. The van der Waals surface area contributed by atoms with Gasteiger partial charge in [-0.2, -0.15) is 0 Å². The van der Waals surface area contributed by atoms with Crippen molar-refractivity contribution in [3.63, 3.8) is 0 Å². The topological polar surface area (TPSA) is 90.9 Å². The first-order valence-corrected chi connectivity index (χ1v) is 9.41. The maximum Gasteiger partial charge on any atom is 0.332 e. The molecule has 2 atom stereocenters. The van der Waals surface area contributed by atoms with Crippen LogP contribution in [0.25, 0.3) is 11.2 Å². The summed E-state index contributed by atoms with van der Waals surface area (Å²) in [5, 5.41) is 3.12. The average Bonchev–Trinajstić information content (AvgIpc) is 3.15. The molecule has 28 heavy (non-hydrogen) atoms. The molecule has 0 saturated carbocycles. The predicted molar refractivity (Wildman–Crippen MR) is 105 cm³/mol. The molecule has 8 heteroatoms. The molecule has 0 fully saturated rings. The lowest BCUT2D eigenvalue weighted by Gasteiger charge is -2.27. The van der Waals surface area contributed by atoms with Gasteiger partial charge < -0.3 is 9.88 Å². The highest BCUT2D eigenvalue weighted by molar-refractivity contribution is 5.83. The number of hydrogen-bond donors (Lipinski definition) is 1. The minimum atomic E-state index is -0.635. The van der Waals surface area contributed by atoms with Crippen LogP contribution in [0.15, 0.2) is 40.2 Å². The molecule has 0 spiro atoms. The SMILES string of the molecule is CC(C(=O)NC1CCCc2ccccc21)n1cnc2c1c(=O)n(C)c(=O)n2C. The zero-order chi connectivity index (χ0) is 20.0. The first kappa shape index (κ1) is 18.2. The fourth-order valence-electron chi connectivity index (χ4n) is 3.98. The Morgan fingerprint density at radius 2 is 1.96 bits per heavy atom. The Hall–Kier alpha value is -3.16. The molecule has 1 amide bonds. The van der Waals surface area contributed by atoms with Gasteiger partial charge in [-0.1, -0.05) is 24.3 Å². The number of carbonyl (C=O) groups excluding carboxylic acids is 1. The average molecular weight is 381 g/mol. The first-order chi connectivity index (χ1) is 13.4. The number of aryl methyl sites for hydroxylation is 2. The van der Waals surface area contributed by atoms with Crippen molar-refractivity contribution in [2.24, 2.45) is 14.1 Å². The molecular formula is C20H23N5O3. The molecule has 2 aromatic heterocycles.